The minimum absolute atomic E-state index is 0.702. The molecule has 0 aliphatic rings. The standard InChI is InChI=1S/C11H17N3O/c1-8(12)9(2)14(13)10-4-6-11(15-3)7-5-10/h4-7H,12-13H2,1-3H3/b9-8-. The summed E-state index contributed by atoms with van der Waals surface area (Å²) in [5.41, 5.74) is 8.07. The van der Waals surface area contributed by atoms with E-state index in [1.807, 2.05) is 38.1 Å². The van der Waals surface area contributed by atoms with Crippen LogP contribution in [0.5, 0.6) is 5.75 Å². The van der Waals surface area contributed by atoms with Gasteiger partial charge in [0.05, 0.1) is 18.5 Å². The average Bonchev–Trinajstić information content (AvgIpc) is 2.27. The number of benzene rings is 1. The maximum Gasteiger partial charge on any atom is 0.119 e. The molecule has 0 fully saturated rings. The van der Waals surface area contributed by atoms with Crippen LogP contribution in [0.15, 0.2) is 35.7 Å². The van der Waals surface area contributed by atoms with Crippen LogP contribution in [0.1, 0.15) is 13.8 Å². The van der Waals surface area contributed by atoms with Gasteiger partial charge in [-0.05, 0) is 38.1 Å². The van der Waals surface area contributed by atoms with Crippen LogP contribution in [0, 0.1) is 0 Å². The second-order valence-corrected chi connectivity index (χ2v) is 3.34. The first kappa shape index (κ1) is 11.4. The Kier molecular flexibility index (Phi) is 3.57. The second-order valence-electron chi connectivity index (χ2n) is 3.34. The highest BCUT2D eigenvalue weighted by Crippen LogP contribution is 2.20. The maximum absolute atomic E-state index is 5.89. The van der Waals surface area contributed by atoms with Gasteiger partial charge in [-0.1, -0.05) is 0 Å². The van der Waals surface area contributed by atoms with Crippen LogP contribution in [-0.2, 0) is 0 Å². The number of hydrogen-bond acceptors (Lipinski definition) is 4. The summed E-state index contributed by atoms with van der Waals surface area (Å²) in [6.45, 7) is 3.69. The van der Waals surface area contributed by atoms with Crippen molar-refractivity contribution in [2.75, 3.05) is 12.1 Å². The lowest BCUT2D eigenvalue weighted by molar-refractivity contribution is 0.415. The Bertz CT molecular complexity index is 353. The number of allylic oxidation sites excluding steroid dienone is 2. The molecule has 4 heteroatoms. The van der Waals surface area contributed by atoms with Gasteiger partial charge < -0.3 is 10.5 Å². The van der Waals surface area contributed by atoms with Crippen molar-refractivity contribution in [3.8, 4) is 5.75 Å². The molecule has 15 heavy (non-hydrogen) atoms. The monoisotopic (exact) mass is 207 g/mol. The van der Waals surface area contributed by atoms with Gasteiger partial charge in [0.2, 0.25) is 0 Å². The highest BCUT2D eigenvalue weighted by atomic mass is 16.5. The third kappa shape index (κ3) is 2.63. The van der Waals surface area contributed by atoms with E-state index in [1.165, 1.54) is 0 Å². The van der Waals surface area contributed by atoms with Gasteiger partial charge in [-0.15, -0.1) is 0 Å². The van der Waals surface area contributed by atoms with Crippen LogP contribution in [0.4, 0.5) is 5.69 Å². The lowest BCUT2D eigenvalue weighted by atomic mass is 10.2. The average molecular weight is 207 g/mol. The zero-order chi connectivity index (χ0) is 11.4. The van der Waals surface area contributed by atoms with Gasteiger partial charge in [0.25, 0.3) is 0 Å². The molecule has 0 bridgehead atoms. The number of ether oxygens (including phenoxy) is 1. The molecule has 1 aromatic rings. The number of rotatable bonds is 3. The van der Waals surface area contributed by atoms with E-state index in [1.54, 1.807) is 12.1 Å². The van der Waals surface area contributed by atoms with Crippen LogP contribution in [0.3, 0.4) is 0 Å². The molecule has 82 valence electrons. The van der Waals surface area contributed by atoms with Gasteiger partial charge in [-0.25, -0.2) is 5.84 Å². The zero-order valence-corrected chi connectivity index (χ0v) is 9.32. The minimum atomic E-state index is 0.702. The molecule has 0 aromatic heterocycles. The predicted octanol–water partition coefficient (Wildman–Crippen LogP) is 1.59. The Balaban J connectivity index is 2.92. The predicted molar refractivity (Wildman–Crippen MR) is 62.2 cm³/mol. The van der Waals surface area contributed by atoms with E-state index in [-0.39, 0.29) is 0 Å². The van der Waals surface area contributed by atoms with Crippen molar-refractivity contribution in [1.82, 2.24) is 0 Å². The Hall–Kier alpha value is -1.68. The molecule has 0 unspecified atom stereocenters. The summed E-state index contributed by atoms with van der Waals surface area (Å²) < 4.78 is 5.06. The Morgan fingerprint density at radius 2 is 1.73 bits per heavy atom. The maximum atomic E-state index is 5.89. The van der Waals surface area contributed by atoms with Gasteiger partial charge in [0.1, 0.15) is 5.75 Å². The Morgan fingerprint density at radius 1 is 1.20 bits per heavy atom. The number of methoxy groups -OCH3 is 1. The van der Waals surface area contributed by atoms with Crippen LogP contribution in [0.25, 0.3) is 0 Å². The van der Waals surface area contributed by atoms with Crippen molar-refractivity contribution < 1.29 is 4.74 Å². The van der Waals surface area contributed by atoms with Gasteiger partial charge in [-0.3, -0.25) is 5.01 Å². The SMILES string of the molecule is COc1ccc(N(N)/C(C)=C(/C)N)cc1. The number of nitrogens with two attached hydrogens (primary N) is 2. The molecule has 0 saturated carbocycles. The summed E-state index contributed by atoms with van der Waals surface area (Å²) in [6.07, 6.45) is 0. The first-order valence-electron chi connectivity index (χ1n) is 4.68. The number of nitrogens with zero attached hydrogens (tertiary/aromatic N) is 1. The summed E-state index contributed by atoms with van der Waals surface area (Å²) in [5, 5.41) is 1.55. The largest absolute Gasteiger partial charge is 0.497 e. The summed E-state index contributed by atoms with van der Waals surface area (Å²) in [6, 6.07) is 7.47. The summed E-state index contributed by atoms with van der Waals surface area (Å²) >= 11 is 0. The molecule has 0 radical (unpaired) electrons. The molecule has 0 heterocycles. The first-order valence-corrected chi connectivity index (χ1v) is 4.68. The van der Waals surface area contributed by atoms with Crippen molar-refractivity contribution >= 4 is 5.69 Å². The van der Waals surface area contributed by atoms with E-state index in [2.05, 4.69) is 0 Å². The zero-order valence-electron chi connectivity index (χ0n) is 9.32. The van der Waals surface area contributed by atoms with E-state index in [9.17, 15) is 0 Å². The second kappa shape index (κ2) is 4.70. The fourth-order valence-corrected chi connectivity index (χ4v) is 1.13. The Labute approximate surface area is 90.1 Å². The topological polar surface area (TPSA) is 64.5 Å². The molecule has 1 rings (SSSR count). The molecule has 1 aromatic carbocycles. The Morgan fingerprint density at radius 3 is 2.13 bits per heavy atom. The van der Waals surface area contributed by atoms with E-state index < -0.39 is 0 Å². The quantitative estimate of drug-likeness (QED) is 0.583. The van der Waals surface area contributed by atoms with Gasteiger partial charge in [0, 0.05) is 5.70 Å². The van der Waals surface area contributed by atoms with Crippen LogP contribution in [0.2, 0.25) is 0 Å². The fourth-order valence-electron chi connectivity index (χ4n) is 1.13. The van der Waals surface area contributed by atoms with Crippen molar-refractivity contribution in [3.63, 3.8) is 0 Å². The fraction of sp³-hybridized carbons (Fsp3) is 0.273. The third-order valence-electron chi connectivity index (χ3n) is 2.28. The molecule has 0 aliphatic carbocycles. The van der Waals surface area contributed by atoms with Gasteiger partial charge in [0.15, 0.2) is 0 Å². The lowest BCUT2D eigenvalue weighted by Crippen LogP contribution is -2.30. The minimum Gasteiger partial charge on any atom is -0.497 e. The molecule has 4 N–H and O–H groups in total. The molecular weight excluding hydrogens is 190 g/mol. The van der Waals surface area contributed by atoms with E-state index in [0.29, 0.717) is 5.70 Å². The first-order chi connectivity index (χ1) is 7.06. The summed E-state index contributed by atoms with van der Waals surface area (Å²) in [7, 11) is 1.63. The molecule has 0 aliphatic heterocycles. The smallest absolute Gasteiger partial charge is 0.119 e. The van der Waals surface area contributed by atoms with E-state index in [4.69, 9.17) is 16.3 Å². The van der Waals surface area contributed by atoms with Crippen molar-refractivity contribution in [2.45, 2.75) is 13.8 Å². The van der Waals surface area contributed by atoms with Crippen LogP contribution < -0.4 is 21.3 Å². The molecule has 0 amide bonds. The van der Waals surface area contributed by atoms with Crippen LogP contribution in [-0.4, -0.2) is 7.11 Å². The van der Waals surface area contributed by atoms with Gasteiger partial charge >= 0.3 is 0 Å². The molecule has 4 nitrogen and oxygen atoms in total. The number of hydrazine groups is 1. The highest BCUT2D eigenvalue weighted by molar-refractivity contribution is 5.52. The number of hydrogen-bond donors (Lipinski definition) is 2. The lowest BCUT2D eigenvalue weighted by Gasteiger charge is -2.20. The van der Waals surface area contributed by atoms with E-state index in [0.717, 1.165) is 17.1 Å². The third-order valence-corrected chi connectivity index (χ3v) is 2.28. The highest BCUT2D eigenvalue weighted by Gasteiger charge is 2.05. The molecule has 0 spiro atoms. The van der Waals surface area contributed by atoms with E-state index >= 15 is 0 Å². The van der Waals surface area contributed by atoms with Crippen molar-refractivity contribution in [3.05, 3.63) is 35.7 Å². The summed E-state index contributed by atoms with van der Waals surface area (Å²) in [5.74, 6) is 6.69. The summed E-state index contributed by atoms with van der Waals surface area (Å²) in [4.78, 5) is 0. The van der Waals surface area contributed by atoms with Crippen molar-refractivity contribution in [2.24, 2.45) is 11.6 Å². The van der Waals surface area contributed by atoms with Gasteiger partial charge in [-0.2, -0.15) is 0 Å². The molecular formula is C11H17N3O. The van der Waals surface area contributed by atoms with Crippen LogP contribution >= 0.6 is 0 Å². The normalized spacial score (nSPS) is 12.0. The number of anilines is 1. The van der Waals surface area contributed by atoms with Crippen molar-refractivity contribution in [1.29, 1.82) is 0 Å². The molecule has 0 atom stereocenters. The molecule has 0 saturated heterocycles.